The van der Waals surface area contributed by atoms with Crippen LogP contribution >= 0.6 is 11.3 Å². The van der Waals surface area contributed by atoms with Crippen LogP contribution in [0.5, 0.6) is 5.75 Å². The number of aliphatic hydroxyl groups is 1. The van der Waals surface area contributed by atoms with Crippen molar-refractivity contribution in [3.8, 4) is 16.3 Å². The molecule has 0 aliphatic rings. The standard InChI is InChI=1S/C20H20N2O3S/c1-25-17-9-5-8-15(10-17)20-21-16(13-26-20)11-19(24)22-18(12-23)14-6-3-2-4-7-14/h2-10,13,18,23H,11-12H2,1H3,(H,22,24). The van der Waals surface area contributed by atoms with Crippen LogP contribution in [0.1, 0.15) is 17.3 Å². The number of hydrogen-bond donors (Lipinski definition) is 2. The zero-order valence-electron chi connectivity index (χ0n) is 14.4. The summed E-state index contributed by atoms with van der Waals surface area (Å²) in [6, 6.07) is 16.7. The quantitative estimate of drug-likeness (QED) is 0.672. The van der Waals surface area contributed by atoms with Gasteiger partial charge in [0.05, 0.1) is 31.9 Å². The van der Waals surface area contributed by atoms with Gasteiger partial charge in [0.1, 0.15) is 10.8 Å². The number of benzene rings is 2. The molecule has 3 aromatic rings. The van der Waals surface area contributed by atoms with Gasteiger partial charge in [0.25, 0.3) is 0 Å². The van der Waals surface area contributed by atoms with Crippen molar-refractivity contribution in [3.05, 3.63) is 71.2 Å². The molecule has 0 aliphatic carbocycles. The van der Waals surface area contributed by atoms with Gasteiger partial charge < -0.3 is 15.2 Å². The van der Waals surface area contributed by atoms with E-state index in [2.05, 4.69) is 10.3 Å². The Bertz CT molecular complexity index is 864. The number of thiazole rings is 1. The summed E-state index contributed by atoms with van der Waals surface area (Å²) >= 11 is 1.49. The Hall–Kier alpha value is -2.70. The number of aliphatic hydroxyl groups excluding tert-OH is 1. The van der Waals surface area contributed by atoms with E-state index in [1.807, 2.05) is 60.0 Å². The topological polar surface area (TPSA) is 71.5 Å². The van der Waals surface area contributed by atoms with Crippen molar-refractivity contribution in [3.63, 3.8) is 0 Å². The summed E-state index contributed by atoms with van der Waals surface area (Å²) in [6.07, 6.45) is 0.170. The SMILES string of the molecule is COc1cccc(-c2nc(CC(=O)NC(CO)c3ccccc3)cs2)c1. The molecule has 26 heavy (non-hydrogen) atoms. The van der Waals surface area contributed by atoms with E-state index >= 15 is 0 Å². The Balaban J connectivity index is 1.65. The van der Waals surface area contributed by atoms with Crippen LogP contribution in [0.2, 0.25) is 0 Å². The molecule has 0 saturated heterocycles. The van der Waals surface area contributed by atoms with Crippen LogP contribution in [-0.2, 0) is 11.2 Å². The second-order valence-electron chi connectivity index (χ2n) is 5.77. The Morgan fingerprint density at radius 2 is 2.04 bits per heavy atom. The number of ether oxygens (including phenoxy) is 1. The molecule has 0 bridgehead atoms. The smallest absolute Gasteiger partial charge is 0.226 e. The van der Waals surface area contributed by atoms with Crippen LogP contribution in [0.3, 0.4) is 0 Å². The molecule has 5 nitrogen and oxygen atoms in total. The number of methoxy groups -OCH3 is 1. The van der Waals surface area contributed by atoms with Gasteiger partial charge >= 0.3 is 0 Å². The van der Waals surface area contributed by atoms with E-state index in [-0.39, 0.29) is 18.9 Å². The number of aromatic nitrogens is 1. The Morgan fingerprint density at radius 3 is 2.77 bits per heavy atom. The molecule has 1 atom stereocenters. The summed E-state index contributed by atoms with van der Waals surface area (Å²) in [5.74, 6) is 0.598. The molecule has 2 aromatic carbocycles. The van der Waals surface area contributed by atoms with Gasteiger partial charge in [-0.05, 0) is 17.7 Å². The fourth-order valence-electron chi connectivity index (χ4n) is 2.61. The van der Waals surface area contributed by atoms with Gasteiger partial charge in [-0.2, -0.15) is 0 Å². The van der Waals surface area contributed by atoms with E-state index in [1.165, 1.54) is 11.3 Å². The van der Waals surface area contributed by atoms with Crippen molar-refractivity contribution in [2.45, 2.75) is 12.5 Å². The first kappa shape index (κ1) is 18.1. The van der Waals surface area contributed by atoms with E-state index < -0.39 is 6.04 Å². The monoisotopic (exact) mass is 368 g/mol. The number of amides is 1. The second-order valence-corrected chi connectivity index (χ2v) is 6.62. The maximum absolute atomic E-state index is 12.3. The maximum atomic E-state index is 12.3. The minimum atomic E-state index is -0.416. The highest BCUT2D eigenvalue weighted by atomic mass is 32.1. The lowest BCUT2D eigenvalue weighted by molar-refractivity contribution is -0.121. The zero-order valence-corrected chi connectivity index (χ0v) is 15.2. The Labute approximate surface area is 156 Å². The summed E-state index contributed by atoms with van der Waals surface area (Å²) < 4.78 is 5.23. The highest BCUT2D eigenvalue weighted by molar-refractivity contribution is 7.13. The summed E-state index contributed by atoms with van der Waals surface area (Å²) in [5, 5.41) is 15.1. The number of carbonyl (C=O) groups excluding carboxylic acids is 1. The van der Waals surface area contributed by atoms with Gasteiger partial charge in [-0.3, -0.25) is 4.79 Å². The van der Waals surface area contributed by atoms with Crippen LogP contribution in [0.4, 0.5) is 0 Å². The molecule has 0 radical (unpaired) electrons. The molecule has 1 amide bonds. The van der Waals surface area contributed by atoms with E-state index in [9.17, 15) is 9.90 Å². The minimum absolute atomic E-state index is 0.151. The molecular formula is C20H20N2O3S. The van der Waals surface area contributed by atoms with E-state index in [0.717, 1.165) is 21.9 Å². The number of nitrogens with zero attached hydrogens (tertiary/aromatic N) is 1. The molecule has 1 aromatic heterocycles. The highest BCUT2D eigenvalue weighted by Crippen LogP contribution is 2.27. The maximum Gasteiger partial charge on any atom is 0.226 e. The molecule has 0 fully saturated rings. The van der Waals surface area contributed by atoms with Crippen LogP contribution in [0.15, 0.2) is 60.0 Å². The van der Waals surface area contributed by atoms with Crippen LogP contribution in [0.25, 0.3) is 10.6 Å². The normalized spacial score (nSPS) is 11.8. The molecule has 6 heteroatoms. The number of nitrogens with one attached hydrogen (secondary N) is 1. The third-order valence-corrected chi connectivity index (χ3v) is 4.87. The average molecular weight is 368 g/mol. The molecule has 1 heterocycles. The largest absolute Gasteiger partial charge is 0.497 e. The lowest BCUT2D eigenvalue weighted by Crippen LogP contribution is -2.32. The van der Waals surface area contributed by atoms with Crippen molar-refractivity contribution < 1.29 is 14.6 Å². The number of hydrogen-bond acceptors (Lipinski definition) is 5. The van der Waals surface area contributed by atoms with E-state index in [1.54, 1.807) is 7.11 Å². The van der Waals surface area contributed by atoms with Crippen LogP contribution in [0, 0.1) is 0 Å². The third-order valence-electron chi connectivity index (χ3n) is 3.93. The fraction of sp³-hybridized carbons (Fsp3) is 0.200. The van der Waals surface area contributed by atoms with Crippen LogP contribution < -0.4 is 10.1 Å². The summed E-state index contributed by atoms with van der Waals surface area (Å²) in [7, 11) is 1.63. The van der Waals surface area contributed by atoms with Gasteiger partial charge in [0.15, 0.2) is 0 Å². The van der Waals surface area contributed by atoms with Gasteiger partial charge in [-0.15, -0.1) is 11.3 Å². The zero-order chi connectivity index (χ0) is 18.4. The molecule has 1 unspecified atom stereocenters. The van der Waals surface area contributed by atoms with Gasteiger partial charge in [0.2, 0.25) is 5.91 Å². The first-order valence-corrected chi connectivity index (χ1v) is 9.11. The first-order chi connectivity index (χ1) is 12.7. The summed E-state index contributed by atoms with van der Waals surface area (Å²) in [5.41, 5.74) is 2.53. The summed E-state index contributed by atoms with van der Waals surface area (Å²) in [4.78, 5) is 16.9. The van der Waals surface area contributed by atoms with Crippen molar-refractivity contribution in [2.24, 2.45) is 0 Å². The average Bonchev–Trinajstić information content (AvgIpc) is 3.15. The van der Waals surface area contributed by atoms with Crippen molar-refractivity contribution in [1.82, 2.24) is 10.3 Å². The van der Waals surface area contributed by atoms with E-state index in [4.69, 9.17) is 4.74 Å². The predicted molar refractivity (Wildman–Crippen MR) is 102 cm³/mol. The molecule has 0 aliphatic heterocycles. The van der Waals surface area contributed by atoms with Crippen molar-refractivity contribution >= 4 is 17.2 Å². The van der Waals surface area contributed by atoms with Crippen molar-refractivity contribution in [2.75, 3.05) is 13.7 Å². The van der Waals surface area contributed by atoms with Gasteiger partial charge in [-0.1, -0.05) is 42.5 Å². The number of rotatable bonds is 7. The first-order valence-electron chi connectivity index (χ1n) is 8.23. The predicted octanol–water partition coefficient (Wildman–Crippen LogP) is 3.21. The lowest BCUT2D eigenvalue weighted by atomic mass is 10.1. The lowest BCUT2D eigenvalue weighted by Gasteiger charge is -2.16. The Morgan fingerprint density at radius 1 is 1.23 bits per heavy atom. The molecule has 3 rings (SSSR count). The van der Waals surface area contributed by atoms with Crippen molar-refractivity contribution in [1.29, 1.82) is 0 Å². The minimum Gasteiger partial charge on any atom is -0.497 e. The highest BCUT2D eigenvalue weighted by Gasteiger charge is 2.15. The second kappa shape index (κ2) is 8.60. The van der Waals surface area contributed by atoms with Crippen LogP contribution in [-0.4, -0.2) is 29.7 Å². The Kier molecular flexibility index (Phi) is 5.99. The molecule has 0 saturated carbocycles. The fourth-order valence-corrected chi connectivity index (χ4v) is 3.42. The van der Waals surface area contributed by atoms with Gasteiger partial charge in [0, 0.05) is 10.9 Å². The molecule has 134 valence electrons. The number of carbonyl (C=O) groups is 1. The van der Waals surface area contributed by atoms with E-state index in [0.29, 0.717) is 5.69 Å². The molecular weight excluding hydrogens is 348 g/mol. The third kappa shape index (κ3) is 4.47. The molecule has 0 spiro atoms. The van der Waals surface area contributed by atoms with Gasteiger partial charge in [-0.25, -0.2) is 4.98 Å². The summed E-state index contributed by atoms with van der Waals surface area (Å²) in [6.45, 7) is -0.151. The molecule has 2 N–H and O–H groups in total.